The highest BCUT2D eigenvalue weighted by molar-refractivity contribution is 5.43. The van der Waals surface area contributed by atoms with Gasteiger partial charge < -0.3 is 19.7 Å². The summed E-state index contributed by atoms with van der Waals surface area (Å²) in [5.74, 6) is -2.11. The number of ether oxygens (including phenoxy) is 2. The first kappa shape index (κ1) is 24.6. The van der Waals surface area contributed by atoms with Crippen molar-refractivity contribution in [2.75, 3.05) is 19.8 Å². The van der Waals surface area contributed by atoms with Crippen molar-refractivity contribution < 1.29 is 19.7 Å². The van der Waals surface area contributed by atoms with Crippen molar-refractivity contribution in [1.29, 1.82) is 0 Å². The lowest BCUT2D eigenvalue weighted by Crippen LogP contribution is -2.58. The van der Waals surface area contributed by atoms with Crippen LogP contribution in [0.5, 0.6) is 0 Å². The van der Waals surface area contributed by atoms with Crippen LogP contribution in [0, 0.1) is 0 Å². The third kappa shape index (κ3) is 4.82. The summed E-state index contributed by atoms with van der Waals surface area (Å²) >= 11 is 0. The molecule has 4 rings (SSSR count). The van der Waals surface area contributed by atoms with E-state index in [1.54, 1.807) is 0 Å². The van der Waals surface area contributed by atoms with Crippen LogP contribution in [0.3, 0.4) is 0 Å². The lowest BCUT2D eigenvalue weighted by Gasteiger charge is -2.52. The minimum absolute atomic E-state index is 0.292. The van der Waals surface area contributed by atoms with Crippen LogP contribution >= 0.6 is 0 Å². The van der Waals surface area contributed by atoms with Gasteiger partial charge in [-0.25, -0.2) is 0 Å². The van der Waals surface area contributed by atoms with Crippen LogP contribution in [-0.2, 0) is 32.5 Å². The number of epoxide rings is 1. The molecular formula is C30H36O4. The SMILES string of the molecule is CC(C)(c1ccccc1)C(C)(c1ccccc1)C(O)(O)c1ccc(CCCOCC2CO2)cc1. The van der Waals surface area contributed by atoms with E-state index in [4.69, 9.17) is 9.47 Å². The van der Waals surface area contributed by atoms with Gasteiger partial charge in [0.25, 0.3) is 0 Å². The average Bonchev–Trinajstić information content (AvgIpc) is 3.69. The van der Waals surface area contributed by atoms with E-state index in [1.165, 1.54) is 0 Å². The summed E-state index contributed by atoms with van der Waals surface area (Å²) in [6.07, 6.45) is 2.08. The van der Waals surface area contributed by atoms with E-state index in [-0.39, 0.29) is 0 Å². The van der Waals surface area contributed by atoms with E-state index in [9.17, 15) is 10.2 Å². The summed E-state index contributed by atoms with van der Waals surface area (Å²) in [4.78, 5) is 0. The normalized spacial score (nSPS) is 17.9. The molecule has 4 heteroatoms. The van der Waals surface area contributed by atoms with Crippen LogP contribution in [-0.4, -0.2) is 36.1 Å². The van der Waals surface area contributed by atoms with Gasteiger partial charge in [-0.2, -0.15) is 0 Å². The first-order valence-electron chi connectivity index (χ1n) is 12.1. The van der Waals surface area contributed by atoms with Gasteiger partial charge in [-0.1, -0.05) is 98.8 Å². The molecule has 1 fully saturated rings. The molecule has 0 bridgehead atoms. The van der Waals surface area contributed by atoms with Gasteiger partial charge in [-0.3, -0.25) is 0 Å². The van der Waals surface area contributed by atoms with Crippen molar-refractivity contribution in [2.45, 2.75) is 56.3 Å². The fourth-order valence-electron chi connectivity index (χ4n) is 4.86. The van der Waals surface area contributed by atoms with Crippen molar-refractivity contribution in [3.05, 3.63) is 107 Å². The highest BCUT2D eigenvalue weighted by Gasteiger charge is 2.57. The van der Waals surface area contributed by atoms with Gasteiger partial charge in [-0.15, -0.1) is 0 Å². The van der Waals surface area contributed by atoms with Crippen molar-refractivity contribution in [3.8, 4) is 0 Å². The molecule has 0 radical (unpaired) electrons. The fourth-order valence-corrected chi connectivity index (χ4v) is 4.86. The monoisotopic (exact) mass is 460 g/mol. The van der Waals surface area contributed by atoms with Gasteiger partial charge in [-0.05, 0) is 36.5 Å². The number of benzene rings is 3. The Balaban J connectivity index is 1.60. The summed E-state index contributed by atoms with van der Waals surface area (Å²) in [7, 11) is 0. The first-order valence-corrected chi connectivity index (χ1v) is 12.1. The molecule has 2 unspecified atom stereocenters. The maximum Gasteiger partial charge on any atom is 0.200 e. The van der Waals surface area contributed by atoms with Crippen LogP contribution < -0.4 is 0 Å². The molecule has 0 spiro atoms. The highest BCUT2D eigenvalue weighted by Crippen LogP contribution is 2.53. The zero-order chi connectivity index (χ0) is 24.2. The van der Waals surface area contributed by atoms with Gasteiger partial charge in [0.2, 0.25) is 0 Å². The summed E-state index contributed by atoms with van der Waals surface area (Å²) in [6.45, 7) is 8.29. The number of hydrogen-bond acceptors (Lipinski definition) is 4. The van der Waals surface area contributed by atoms with Crippen molar-refractivity contribution in [2.24, 2.45) is 0 Å². The molecule has 180 valence electrons. The summed E-state index contributed by atoms with van der Waals surface area (Å²) in [6, 6.07) is 27.5. The maximum atomic E-state index is 11.9. The summed E-state index contributed by atoms with van der Waals surface area (Å²) < 4.78 is 10.8. The molecule has 1 aliphatic rings. The average molecular weight is 461 g/mol. The van der Waals surface area contributed by atoms with E-state index in [0.717, 1.165) is 36.1 Å². The fraction of sp³-hybridized carbons (Fsp3) is 0.400. The molecule has 2 N–H and O–H groups in total. The van der Waals surface area contributed by atoms with Crippen LogP contribution in [0.15, 0.2) is 84.9 Å². The maximum absolute atomic E-state index is 11.9. The molecule has 0 aromatic heterocycles. The first-order chi connectivity index (χ1) is 16.3. The molecule has 0 amide bonds. The largest absolute Gasteiger partial charge is 0.379 e. The van der Waals surface area contributed by atoms with Crippen molar-refractivity contribution in [3.63, 3.8) is 0 Å². The van der Waals surface area contributed by atoms with Crippen LogP contribution in [0.4, 0.5) is 0 Å². The third-order valence-electron chi connectivity index (χ3n) is 7.61. The van der Waals surface area contributed by atoms with Gasteiger partial charge >= 0.3 is 0 Å². The molecule has 3 aromatic carbocycles. The zero-order valence-electron chi connectivity index (χ0n) is 20.4. The topological polar surface area (TPSA) is 62.2 Å². The third-order valence-corrected chi connectivity index (χ3v) is 7.61. The number of aliphatic hydroxyl groups is 2. The molecule has 1 aliphatic heterocycles. The molecule has 1 heterocycles. The molecule has 34 heavy (non-hydrogen) atoms. The standard InChI is InChI=1S/C30H36O4/c1-28(2,24-12-6-4-7-13-24)29(3,25-14-8-5-9-15-25)30(31,32)26-18-16-23(17-19-26)11-10-20-33-21-27-22-34-27/h4-9,12-19,27,31-32H,10-11,20-22H2,1-3H3. The number of rotatable bonds is 11. The molecule has 1 saturated heterocycles. The second kappa shape index (κ2) is 10.0. The Morgan fingerprint density at radius 3 is 1.91 bits per heavy atom. The Bertz CT molecular complexity index is 1040. The Labute approximate surface area is 203 Å². The van der Waals surface area contributed by atoms with E-state index in [1.807, 2.05) is 79.7 Å². The molecule has 0 saturated carbocycles. The lowest BCUT2D eigenvalue weighted by atomic mass is 9.54. The predicted molar refractivity (Wildman–Crippen MR) is 135 cm³/mol. The van der Waals surface area contributed by atoms with E-state index >= 15 is 0 Å². The van der Waals surface area contributed by atoms with Gasteiger partial charge in [0.05, 0.1) is 18.6 Å². The van der Waals surface area contributed by atoms with Gasteiger partial charge in [0.15, 0.2) is 5.79 Å². The van der Waals surface area contributed by atoms with Crippen molar-refractivity contribution >= 4 is 0 Å². The van der Waals surface area contributed by atoms with Gasteiger partial charge in [0.1, 0.15) is 6.10 Å². The highest BCUT2D eigenvalue weighted by atomic mass is 16.6. The van der Waals surface area contributed by atoms with E-state index < -0.39 is 16.6 Å². The number of hydrogen-bond donors (Lipinski definition) is 2. The van der Waals surface area contributed by atoms with E-state index in [0.29, 0.717) is 24.9 Å². The Morgan fingerprint density at radius 2 is 1.35 bits per heavy atom. The molecule has 2 atom stereocenters. The molecule has 4 nitrogen and oxygen atoms in total. The van der Waals surface area contributed by atoms with Gasteiger partial charge in [0, 0.05) is 17.6 Å². The Kier molecular flexibility index (Phi) is 7.25. The second-order valence-corrected chi connectivity index (χ2v) is 9.98. The summed E-state index contributed by atoms with van der Waals surface area (Å²) in [5.41, 5.74) is 1.91. The lowest BCUT2D eigenvalue weighted by molar-refractivity contribution is -0.236. The number of aryl methyl sites for hydroxylation is 1. The van der Waals surface area contributed by atoms with Crippen LogP contribution in [0.2, 0.25) is 0 Å². The minimum Gasteiger partial charge on any atom is -0.379 e. The molecule has 3 aromatic rings. The predicted octanol–water partition coefficient (Wildman–Crippen LogP) is 5.11. The Hall–Kier alpha value is -2.50. The van der Waals surface area contributed by atoms with Crippen LogP contribution in [0.1, 0.15) is 49.4 Å². The zero-order valence-corrected chi connectivity index (χ0v) is 20.4. The second-order valence-electron chi connectivity index (χ2n) is 9.98. The molecule has 0 aliphatic carbocycles. The van der Waals surface area contributed by atoms with Crippen LogP contribution in [0.25, 0.3) is 0 Å². The quantitative estimate of drug-likeness (QED) is 0.237. The summed E-state index contributed by atoms with van der Waals surface area (Å²) in [5, 5.41) is 23.7. The van der Waals surface area contributed by atoms with Crippen molar-refractivity contribution in [1.82, 2.24) is 0 Å². The minimum atomic E-state index is -2.11. The smallest absolute Gasteiger partial charge is 0.200 e. The molecular weight excluding hydrogens is 424 g/mol. The van der Waals surface area contributed by atoms with E-state index in [2.05, 4.69) is 26.0 Å². The Morgan fingerprint density at radius 1 is 0.794 bits per heavy atom.